The topological polar surface area (TPSA) is 55.4 Å². The molecule has 1 amide bonds. The minimum absolute atomic E-state index is 0.0650. The van der Waals surface area contributed by atoms with E-state index >= 15 is 0 Å². The number of rotatable bonds is 5. The van der Waals surface area contributed by atoms with Gasteiger partial charge in [0.15, 0.2) is 0 Å². The lowest BCUT2D eigenvalue weighted by molar-refractivity contribution is 0.0378. The molecule has 1 N–H and O–H groups in total. The summed E-state index contributed by atoms with van der Waals surface area (Å²) in [6.07, 6.45) is 0.373. The van der Waals surface area contributed by atoms with E-state index < -0.39 is 17.7 Å². The number of ether oxygens (including phenoxy) is 1. The highest BCUT2D eigenvalue weighted by atomic mass is 32.1. The minimum Gasteiger partial charge on any atom is -0.459 e. The molecule has 0 spiro atoms. The molecule has 4 nitrogen and oxygen atoms in total. The van der Waals surface area contributed by atoms with Crippen LogP contribution in [0.1, 0.15) is 51.9 Å². The van der Waals surface area contributed by atoms with E-state index in [0.29, 0.717) is 17.0 Å². The largest absolute Gasteiger partial charge is 0.459 e. The summed E-state index contributed by atoms with van der Waals surface area (Å²) in [6.45, 7) is 7.35. The van der Waals surface area contributed by atoms with Crippen molar-refractivity contribution in [3.63, 3.8) is 0 Å². The Balaban J connectivity index is 2.38. The third kappa shape index (κ3) is 3.82. The Morgan fingerprint density at radius 1 is 1.29 bits per heavy atom. The van der Waals surface area contributed by atoms with Crippen molar-refractivity contribution < 1.29 is 18.7 Å². The van der Waals surface area contributed by atoms with Crippen LogP contribution in [0.3, 0.4) is 0 Å². The number of thiophene rings is 1. The van der Waals surface area contributed by atoms with Crippen LogP contribution >= 0.6 is 11.3 Å². The maximum Gasteiger partial charge on any atom is 0.341 e. The lowest BCUT2D eigenvalue weighted by Crippen LogP contribution is -2.18. The van der Waals surface area contributed by atoms with Crippen molar-refractivity contribution >= 4 is 28.2 Å². The minimum atomic E-state index is -0.606. The fourth-order valence-electron chi connectivity index (χ4n) is 2.40. The fourth-order valence-corrected chi connectivity index (χ4v) is 3.53. The highest BCUT2D eigenvalue weighted by Crippen LogP contribution is 2.34. The van der Waals surface area contributed by atoms with Gasteiger partial charge in [-0.2, -0.15) is 0 Å². The Hall–Kier alpha value is -2.21. The number of amides is 1. The second-order valence-corrected chi connectivity index (χ2v) is 6.81. The van der Waals surface area contributed by atoms with Gasteiger partial charge < -0.3 is 10.1 Å². The zero-order valence-electron chi connectivity index (χ0n) is 14.1. The quantitative estimate of drug-likeness (QED) is 0.804. The first-order valence-electron chi connectivity index (χ1n) is 7.74. The standard InChI is InChI=1S/C18H20FNO3S/c1-5-12-11(4)24-17(15(12)18(22)23-10(2)3)20-16(21)13-8-6-7-9-14(13)19/h6-10H,5H2,1-4H3,(H,20,21). The molecule has 2 rings (SSSR count). The van der Waals surface area contributed by atoms with Gasteiger partial charge in [0.1, 0.15) is 10.8 Å². The van der Waals surface area contributed by atoms with Gasteiger partial charge in [0.05, 0.1) is 17.2 Å². The second kappa shape index (κ2) is 7.57. The summed E-state index contributed by atoms with van der Waals surface area (Å²) in [7, 11) is 0. The van der Waals surface area contributed by atoms with E-state index in [1.165, 1.54) is 29.5 Å². The average molecular weight is 349 g/mol. The smallest absolute Gasteiger partial charge is 0.341 e. The number of halogens is 1. The molecule has 1 aromatic heterocycles. The number of aryl methyl sites for hydroxylation is 1. The summed E-state index contributed by atoms with van der Waals surface area (Å²) in [6, 6.07) is 5.73. The molecule has 24 heavy (non-hydrogen) atoms. The van der Waals surface area contributed by atoms with Crippen molar-refractivity contribution in [2.75, 3.05) is 5.32 Å². The molecule has 2 aromatic rings. The van der Waals surface area contributed by atoms with E-state index in [2.05, 4.69) is 5.32 Å². The molecule has 0 radical (unpaired) electrons. The first kappa shape index (κ1) is 18.1. The first-order valence-corrected chi connectivity index (χ1v) is 8.55. The Morgan fingerprint density at radius 2 is 1.96 bits per heavy atom. The number of anilines is 1. The number of hydrogen-bond acceptors (Lipinski definition) is 4. The van der Waals surface area contributed by atoms with Crippen LogP contribution in [0.4, 0.5) is 9.39 Å². The number of nitrogens with one attached hydrogen (secondary N) is 1. The van der Waals surface area contributed by atoms with Gasteiger partial charge in [0.25, 0.3) is 5.91 Å². The number of carbonyl (C=O) groups is 2. The predicted molar refractivity (Wildman–Crippen MR) is 93.3 cm³/mol. The van der Waals surface area contributed by atoms with Gasteiger partial charge in [0.2, 0.25) is 0 Å². The Labute approximate surface area is 144 Å². The molecule has 0 saturated carbocycles. The zero-order chi connectivity index (χ0) is 17.9. The Morgan fingerprint density at radius 3 is 2.54 bits per heavy atom. The van der Waals surface area contributed by atoms with Gasteiger partial charge in [-0.05, 0) is 44.9 Å². The van der Waals surface area contributed by atoms with Crippen LogP contribution in [-0.4, -0.2) is 18.0 Å². The van der Waals surface area contributed by atoms with Crippen LogP contribution < -0.4 is 5.32 Å². The third-order valence-corrected chi connectivity index (χ3v) is 4.52. The molecule has 0 saturated heterocycles. The molecular formula is C18H20FNO3S. The summed E-state index contributed by atoms with van der Waals surface area (Å²) in [5, 5.41) is 3.05. The average Bonchev–Trinajstić information content (AvgIpc) is 2.82. The van der Waals surface area contributed by atoms with Gasteiger partial charge in [-0.3, -0.25) is 4.79 Å². The summed E-state index contributed by atoms with van der Waals surface area (Å²) < 4.78 is 19.1. The lowest BCUT2D eigenvalue weighted by Gasteiger charge is -2.11. The van der Waals surface area contributed by atoms with Gasteiger partial charge in [-0.1, -0.05) is 19.1 Å². The molecule has 1 aromatic carbocycles. The van der Waals surface area contributed by atoms with Crippen LogP contribution in [0.2, 0.25) is 0 Å². The van der Waals surface area contributed by atoms with E-state index in [0.717, 1.165) is 10.4 Å². The van der Waals surface area contributed by atoms with Gasteiger partial charge in [-0.25, -0.2) is 9.18 Å². The van der Waals surface area contributed by atoms with Crippen LogP contribution in [0.15, 0.2) is 24.3 Å². The van der Waals surface area contributed by atoms with Crippen molar-refractivity contribution in [3.05, 3.63) is 51.7 Å². The third-order valence-electron chi connectivity index (χ3n) is 3.45. The fraction of sp³-hybridized carbons (Fsp3) is 0.333. The number of hydrogen-bond donors (Lipinski definition) is 1. The second-order valence-electron chi connectivity index (χ2n) is 5.58. The number of benzene rings is 1. The van der Waals surface area contributed by atoms with Gasteiger partial charge >= 0.3 is 5.97 Å². The maximum atomic E-state index is 13.8. The Bertz CT molecular complexity index is 768. The van der Waals surface area contributed by atoms with Crippen molar-refractivity contribution in [3.8, 4) is 0 Å². The van der Waals surface area contributed by atoms with Crippen molar-refractivity contribution in [1.82, 2.24) is 0 Å². The van der Waals surface area contributed by atoms with Crippen molar-refractivity contribution in [2.45, 2.75) is 40.2 Å². The van der Waals surface area contributed by atoms with Gasteiger partial charge in [-0.15, -0.1) is 11.3 Å². The molecule has 0 aliphatic carbocycles. The molecule has 0 fully saturated rings. The normalized spacial score (nSPS) is 10.8. The highest BCUT2D eigenvalue weighted by molar-refractivity contribution is 7.16. The first-order chi connectivity index (χ1) is 11.3. The van der Waals surface area contributed by atoms with Crippen LogP contribution in [0, 0.1) is 12.7 Å². The van der Waals surface area contributed by atoms with E-state index in [-0.39, 0.29) is 11.7 Å². The van der Waals surface area contributed by atoms with Crippen molar-refractivity contribution in [2.24, 2.45) is 0 Å². The summed E-state index contributed by atoms with van der Waals surface area (Å²) in [4.78, 5) is 25.7. The number of carbonyl (C=O) groups excluding carboxylic acids is 2. The van der Waals surface area contributed by atoms with Gasteiger partial charge in [0, 0.05) is 4.88 Å². The SMILES string of the molecule is CCc1c(C)sc(NC(=O)c2ccccc2F)c1C(=O)OC(C)C. The molecule has 0 atom stereocenters. The van der Waals surface area contributed by atoms with Crippen LogP contribution in [0.5, 0.6) is 0 Å². The van der Waals surface area contributed by atoms with Crippen LogP contribution in [0.25, 0.3) is 0 Å². The molecule has 0 bridgehead atoms. The van der Waals surface area contributed by atoms with E-state index in [4.69, 9.17) is 4.74 Å². The summed E-state index contributed by atoms with van der Waals surface area (Å²) >= 11 is 1.29. The Kier molecular flexibility index (Phi) is 5.72. The van der Waals surface area contributed by atoms with Crippen molar-refractivity contribution in [1.29, 1.82) is 0 Å². The molecule has 6 heteroatoms. The lowest BCUT2D eigenvalue weighted by atomic mass is 10.1. The molecular weight excluding hydrogens is 329 g/mol. The monoisotopic (exact) mass is 349 g/mol. The molecule has 0 unspecified atom stereocenters. The van der Waals surface area contributed by atoms with Crippen LogP contribution in [-0.2, 0) is 11.2 Å². The molecule has 1 heterocycles. The highest BCUT2D eigenvalue weighted by Gasteiger charge is 2.25. The zero-order valence-corrected chi connectivity index (χ0v) is 14.9. The molecule has 128 valence electrons. The predicted octanol–water partition coefficient (Wildman–Crippen LogP) is 4.58. The maximum absolute atomic E-state index is 13.8. The molecule has 0 aliphatic rings. The summed E-state index contributed by atoms with van der Waals surface area (Å²) in [5.41, 5.74) is 1.14. The van der Waals surface area contributed by atoms with E-state index in [1.807, 2.05) is 13.8 Å². The number of esters is 1. The summed E-state index contributed by atoms with van der Waals surface area (Å²) in [5.74, 6) is -1.67. The molecule has 0 aliphatic heterocycles. The van der Waals surface area contributed by atoms with E-state index in [9.17, 15) is 14.0 Å². The van der Waals surface area contributed by atoms with E-state index in [1.54, 1.807) is 19.9 Å².